The van der Waals surface area contributed by atoms with Crippen molar-refractivity contribution in [1.82, 2.24) is 15.4 Å². The molecule has 1 aromatic carbocycles. The number of amides is 1. The number of carbonyl (C=O) groups excluding carboxylic acids is 1. The highest BCUT2D eigenvalue weighted by atomic mass is 35.5. The molecule has 0 radical (unpaired) electrons. The summed E-state index contributed by atoms with van der Waals surface area (Å²) in [6, 6.07) is 4.43. The molecule has 4 N–H and O–H groups in total. The molecular formula is C9H7ClN4O2. The largest absolute Gasteiger partial charge is 0.506 e. The molecule has 0 saturated carbocycles. The first-order valence-electron chi connectivity index (χ1n) is 4.29. The third kappa shape index (κ3) is 1.70. The smallest absolute Gasteiger partial charge is 0.271 e. The number of primary amides is 1. The molecule has 7 heteroatoms. The van der Waals surface area contributed by atoms with Gasteiger partial charge in [-0.15, -0.1) is 0 Å². The first-order valence-corrected chi connectivity index (χ1v) is 4.67. The molecular weight excluding hydrogens is 232 g/mol. The highest BCUT2D eigenvalue weighted by Gasteiger charge is 2.15. The Morgan fingerprint density at radius 2 is 2.19 bits per heavy atom. The van der Waals surface area contributed by atoms with E-state index in [4.69, 9.17) is 17.3 Å². The summed E-state index contributed by atoms with van der Waals surface area (Å²) in [6.07, 6.45) is 0. The Morgan fingerprint density at radius 1 is 1.44 bits per heavy atom. The Labute approximate surface area is 95.0 Å². The molecule has 0 saturated heterocycles. The number of hydrogen-bond acceptors (Lipinski definition) is 4. The predicted octanol–water partition coefficient (Wildman–Crippen LogP) is 0.930. The van der Waals surface area contributed by atoms with E-state index in [0.29, 0.717) is 11.3 Å². The van der Waals surface area contributed by atoms with Crippen LogP contribution in [-0.4, -0.2) is 26.4 Å². The number of carbonyl (C=O) groups is 1. The van der Waals surface area contributed by atoms with E-state index >= 15 is 0 Å². The zero-order valence-corrected chi connectivity index (χ0v) is 8.69. The Hall–Kier alpha value is -2.08. The number of H-pyrrole nitrogens is 1. The van der Waals surface area contributed by atoms with Crippen LogP contribution in [0.15, 0.2) is 18.2 Å². The van der Waals surface area contributed by atoms with Gasteiger partial charge < -0.3 is 10.8 Å². The summed E-state index contributed by atoms with van der Waals surface area (Å²) in [7, 11) is 0. The van der Waals surface area contributed by atoms with Crippen LogP contribution in [0.3, 0.4) is 0 Å². The van der Waals surface area contributed by atoms with Gasteiger partial charge in [0.15, 0.2) is 5.69 Å². The lowest BCUT2D eigenvalue weighted by Crippen LogP contribution is -2.12. The van der Waals surface area contributed by atoms with E-state index in [0.717, 1.165) is 0 Å². The minimum Gasteiger partial charge on any atom is -0.506 e. The van der Waals surface area contributed by atoms with Crippen LogP contribution < -0.4 is 5.73 Å². The van der Waals surface area contributed by atoms with Crippen molar-refractivity contribution >= 4 is 17.5 Å². The Kier molecular flexibility index (Phi) is 2.49. The van der Waals surface area contributed by atoms with Gasteiger partial charge in [0.25, 0.3) is 5.91 Å². The number of hydrogen-bond donors (Lipinski definition) is 3. The number of aromatic hydroxyl groups is 1. The maximum Gasteiger partial charge on any atom is 0.271 e. The monoisotopic (exact) mass is 238 g/mol. The molecule has 6 nitrogen and oxygen atoms in total. The van der Waals surface area contributed by atoms with Gasteiger partial charge in [0.05, 0.1) is 5.02 Å². The number of nitrogens with one attached hydrogen (secondary N) is 1. The number of rotatable bonds is 2. The quantitative estimate of drug-likeness (QED) is 0.724. The molecule has 0 aliphatic carbocycles. The number of nitrogens with zero attached hydrogens (tertiary/aromatic N) is 2. The van der Waals surface area contributed by atoms with Crippen molar-refractivity contribution in [3.8, 4) is 17.0 Å². The van der Waals surface area contributed by atoms with Gasteiger partial charge in [-0.05, 0) is 18.2 Å². The normalized spacial score (nSPS) is 10.3. The molecule has 0 unspecified atom stereocenters. The van der Waals surface area contributed by atoms with E-state index in [1.165, 1.54) is 12.1 Å². The molecule has 1 aromatic heterocycles. The molecule has 0 atom stereocenters. The van der Waals surface area contributed by atoms with E-state index in [2.05, 4.69) is 15.4 Å². The van der Waals surface area contributed by atoms with Crippen molar-refractivity contribution in [2.45, 2.75) is 0 Å². The van der Waals surface area contributed by atoms with Gasteiger partial charge in [-0.1, -0.05) is 11.6 Å². The number of halogens is 1. The SMILES string of the molecule is NC(=O)c1n[nH]nc1-c1ccc(O)c(Cl)c1. The standard InChI is InChI=1S/C9H7ClN4O2/c10-5-3-4(1-2-6(5)15)7-8(9(11)16)13-14-12-7/h1-3,15H,(H2,11,16)(H,12,13,14). The Balaban J connectivity index is 2.54. The second-order valence-corrected chi connectivity index (χ2v) is 3.46. The first-order chi connectivity index (χ1) is 7.59. The fraction of sp³-hybridized carbons (Fsp3) is 0. The third-order valence-corrected chi connectivity index (χ3v) is 2.31. The van der Waals surface area contributed by atoms with Crippen molar-refractivity contribution in [1.29, 1.82) is 0 Å². The van der Waals surface area contributed by atoms with Gasteiger partial charge in [-0.3, -0.25) is 4.79 Å². The van der Waals surface area contributed by atoms with Gasteiger partial charge in [-0.25, -0.2) is 0 Å². The lowest BCUT2D eigenvalue weighted by Gasteiger charge is -2.00. The molecule has 1 heterocycles. The number of phenolic OH excluding ortho intramolecular Hbond substituents is 1. The zero-order valence-electron chi connectivity index (χ0n) is 7.94. The fourth-order valence-corrected chi connectivity index (χ4v) is 1.44. The molecule has 0 bridgehead atoms. The molecule has 0 aliphatic heterocycles. The highest BCUT2D eigenvalue weighted by Crippen LogP contribution is 2.29. The topological polar surface area (TPSA) is 105 Å². The number of aromatic nitrogens is 3. The zero-order chi connectivity index (χ0) is 11.7. The van der Waals surface area contributed by atoms with Gasteiger partial charge in [0.1, 0.15) is 11.4 Å². The number of phenols is 1. The molecule has 0 spiro atoms. The highest BCUT2D eigenvalue weighted by molar-refractivity contribution is 6.32. The van der Waals surface area contributed by atoms with Crippen LogP contribution >= 0.6 is 11.6 Å². The van der Waals surface area contributed by atoms with Crippen LogP contribution in [0.2, 0.25) is 5.02 Å². The number of nitrogens with two attached hydrogens (primary N) is 1. The average Bonchev–Trinajstić information content (AvgIpc) is 2.71. The van der Waals surface area contributed by atoms with Crippen molar-refractivity contribution in [3.05, 3.63) is 28.9 Å². The van der Waals surface area contributed by atoms with Crippen LogP contribution in [0.25, 0.3) is 11.3 Å². The van der Waals surface area contributed by atoms with Crippen LogP contribution in [0, 0.1) is 0 Å². The first kappa shape index (κ1) is 10.4. The summed E-state index contributed by atoms with van der Waals surface area (Å²) < 4.78 is 0. The third-order valence-electron chi connectivity index (χ3n) is 2.00. The van der Waals surface area contributed by atoms with Crippen molar-refractivity contribution < 1.29 is 9.90 Å². The number of aromatic amines is 1. The fourth-order valence-electron chi connectivity index (χ4n) is 1.26. The summed E-state index contributed by atoms with van der Waals surface area (Å²) in [5.41, 5.74) is 6.00. The van der Waals surface area contributed by atoms with Crippen molar-refractivity contribution in [3.63, 3.8) is 0 Å². The van der Waals surface area contributed by atoms with Gasteiger partial charge in [0.2, 0.25) is 0 Å². The molecule has 2 rings (SSSR count). The van der Waals surface area contributed by atoms with E-state index in [-0.39, 0.29) is 16.5 Å². The molecule has 0 fully saturated rings. The maximum atomic E-state index is 11.0. The van der Waals surface area contributed by atoms with Gasteiger partial charge in [0, 0.05) is 5.56 Å². The lowest BCUT2D eigenvalue weighted by atomic mass is 10.1. The van der Waals surface area contributed by atoms with E-state index < -0.39 is 5.91 Å². The van der Waals surface area contributed by atoms with Crippen molar-refractivity contribution in [2.24, 2.45) is 5.73 Å². The van der Waals surface area contributed by atoms with Crippen LogP contribution in [0.5, 0.6) is 5.75 Å². The Morgan fingerprint density at radius 3 is 2.81 bits per heavy atom. The average molecular weight is 239 g/mol. The maximum absolute atomic E-state index is 11.0. The van der Waals surface area contributed by atoms with Crippen LogP contribution in [0.4, 0.5) is 0 Å². The summed E-state index contributed by atoms with van der Waals surface area (Å²) in [4.78, 5) is 11.0. The summed E-state index contributed by atoms with van der Waals surface area (Å²) in [5, 5.41) is 19.2. The summed E-state index contributed by atoms with van der Waals surface area (Å²) in [5.74, 6) is -0.734. The Bertz CT molecular complexity index is 552. The minimum atomic E-state index is -0.687. The number of benzene rings is 1. The van der Waals surface area contributed by atoms with Crippen LogP contribution in [-0.2, 0) is 0 Å². The minimum absolute atomic E-state index is 0.0294. The second-order valence-electron chi connectivity index (χ2n) is 3.05. The van der Waals surface area contributed by atoms with Gasteiger partial charge in [-0.2, -0.15) is 15.4 Å². The summed E-state index contributed by atoms with van der Waals surface area (Å²) in [6.45, 7) is 0. The molecule has 82 valence electrons. The molecule has 1 amide bonds. The van der Waals surface area contributed by atoms with E-state index in [9.17, 15) is 9.90 Å². The van der Waals surface area contributed by atoms with E-state index in [1.807, 2.05) is 0 Å². The predicted molar refractivity (Wildman–Crippen MR) is 57.0 cm³/mol. The molecule has 2 aromatic rings. The van der Waals surface area contributed by atoms with Crippen molar-refractivity contribution in [2.75, 3.05) is 0 Å². The molecule has 16 heavy (non-hydrogen) atoms. The van der Waals surface area contributed by atoms with Gasteiger partial charge >= 0.3 is 0 Å². The molecule has 0 aliphatic rings. The lowest BCUT2D eigenvalue weighted by molar-refractivity contribution is 0.0996. The van der Waals surface area contributed by atoms with E-state index in [1.54, 1.807) is 6.07 Å². The second kappa shape index (κ2) is 3.82. The summed E-state index contributed by atoms with van der Waals surface area (Å²) >= 11 is 5.74. The van der Waals surface area contributed by atoms with Crippen LogP contribution in [0.1, 0.15) is 10.5 Å².